The van der Waals surface area contributed by atoms with Gasteiger partial charge in [0.2, 0.25) is 0 Å². The third-order valence-electron chi connectivity index (χ3n) is 2.73. The van der Waals surface area contributed by atoms with Crippen LogP contribution in [0.25, 0.3) is 0 Å². The standard InChI is InChI=1S/C12H18N2S/c1-9-4-5-11(13)12(7-9)14-10-3-2-6-15-8-10/h4-5,7,10,14H,2-3,6,8,13H2,1H3. The van der Waals surface area contributed by atoms with Crippen LogP contribution >= 0.6 is 11.8 Å². The van der Waals surface area contributed by atoms with Gasteiger partial charge in [-0.15, -0.1) is 0 Å². The molecule has 0 aromatic heterocycles. The highest BCUT2D eigenvalue weighted by atomic mass is 32.2. The molecule has 1 fully saturated rings. The minimum Gasteiger partial charge on any atom is -0.397 e. The van der Waals surface area contributed by atoms with Gasteiger partial charge >= 0.3 is 0 Å². The van der Waals surface area contributed by atoms with Crippen LogP contribution in [0.5, 0.6) is 0 Å². The first-order chi connectivity index (χ1) is 7.25. The summed E-state index contributed by atoms with van der Waals surface area (Å²) in [4.78, 5) is 0. The number of thioether (sulfide) groups is 1. The maximum absolute atomic E-state index is 5.94. The average molecular weight is 222 g/mol. The van der Waals surface area contributed by atoms with E-state index in [2.05, 4.69) is 24.4 Å². The molecule has 0 amide bonds. The van der Waals surface area contributed by atoms with Crippen LogP contribution in [0.3, 0.4) is 0 Å². The second-order valence-electron chi connectivity index (χ2n) is 4.15. The second kappa shape index (κ2) is 4.79. The quantitative estimate of drug-likeness (QED) is 0.756. The number of anilines is 2. The number of nitrogens with two attached hydrogens (primary N) is 1. The summed E-state index contributed by atoms with van der Waals surface area (Å²) < 4.78 is 0. The Morgan fingerprint density at radius 3 is 3.07 bits per heavy atom. The van der Waals surface area contributed by atoms with Crippen molar-refractivity contribution in [1.82, 2.24) is 0 Å². The van der Waals surface area contributed by atoms with Gasteiger partial charge in [0.25, 0.3) is 0 Å². The number of benzene rings is 1. The van der Waals surface area contributed by atoms with E-state index < -0.39 is 0 Å². The molecule has 0 aliphatic carbocycles. The molecule has 3 N–H and O–H groups in total. The van der Waals surface area contributed by atoms with Gasteiger partial charge in [0.05, 0.1) is 11.4 Å². The van der Waals surface area contributed by atoms with Crippen LogP contribution in [0.1, 0.15) is 18.4 Å². The van der Waals surface area contributed by atoms with E-state index in [4.69, 9.17) is 5.73 Å². The van der Waals surface area contributed by atoms with E-state index in [1.165, 1.54) is 29.9 Å². The van der Waals surface area contributed by atoms with Gasteiger partial charge in [-0.25, -0.2) is 0 Å². The lowest BCUT2D eigenvalue weighted by molar-refractivity contribution is 0.685. The van der Waals surface area contributed by atoms with E-state index in [1.807, 2.05) is 17.8 Å². The zero-order valence-electron chi connectivity index (χ0n) is 9.12. The first-order valence-electron chi connectivity index (χ1n) is 5.46. The molecule has 1 aromatic rings. The van der Waals surface area contributed by atoms with Crippen LogP contribution in [-0.4, -0.2) is 17.5 Å². The lowest BCUT2D eigenvalue weighted by Crippen LogP contribution is -2.26. The molecular weight excluding hydrogens is 204 g/mol. The fourth-order valence-corrected chi connectivity index (χ4v) is 2.94. The second-order valence-corrected chi connectivity index (χ2v) is 5.30. The van der Waals surface area contributed by atoms with E-state index in [-0.39, 0.29) is 0 Å². The summed E-state index contributed by atoms with van der Waals surface area (Å²) >= 11 is 2.03. The number of nitrogens with one attached hydrogen (secondary N) is 1. The van der Waals surface area contributed by atoms with Crippen molar-refractivity contribution in [2.75, 3.05) is 22.6 Å². The van der Waals surface area contributed by atoms with Crippen LogP contribution in [0.2, 0.25) is 0 Å². The molecule has 0 bridgehead atoms. The summed E-state index contributed by atoms with van der Waals surface area (Å²) in [5.74, 6) is 2.51. The number of nitrogen functional groups attached to an aromatic ring is 1. The van der Waals surface area contributed by atoms with Crippen molar-refractivity contribution in [3.8, 4) is 0 Å². The van der Waals surface area contributed by atoms with Crippen molar-refractivity contribution in [1.29, 1.82) is 0 Å². The van der Waals surface area contributed by atoms with Gasteiger partial charge in [0.15, 0.2) is 0 Å². The highest BCUT2D eigenvalue weighted by molar-refractivity contribution is 7.99. The zero-order valence-corrected chi connectivity index (χ0v) is 9.94. The first kappa shape index (κ1) is 10.7. The van der Waals surface area contributed by atoms with Gasteiger partial charge in [-0.3, -0.25) is 0 Å². The molecule has 2 rings (SSSR count). The van der Waals surface area contributed by atoms with E-state index >= 15 is 0 Å². The average Bonchev–Trinajstić information content (AvgIpc) is 2.25. The predicted molar refractivity (Wildman–Crippen MR) is 69.6 cm³/mol. The van der Waals surface area contributed by atoms with Crippen LogP contribution in [0.15, 0.2) is 18.2 Å². The Bertz CT molecular complexity index is 332. The lowest BCUT2D eigenvalue weighted by Gasteiger charge is -2.24. The van der Waals surface area contributed by atoms with E-state index in [9.17, 15) is 0 Å². The monoisotopic (exact) mass is 222 g/mol. The molecule has 1 aliphatic rings. The fraction of sp³-hybridized carbons (Fsp3) is 0.500. The van der Waals surface area contributed by atoms with Crippen LogP contribution in [0, 0.1) is 6.92 Å². The van der Waals surface area contributed by atoms with Crippen LogP contribution in [0.4, 0.5) is 11.4 Å². The van der Waals surface area contributed by atoms with Crippen molar-refractivity contribution < 1.29 is 0 Å². The van der Waals surface area contributed by atoms with Gasteiger partial charge in [0, 0.05) is 11.8 Å². The van der Waals surface area contributed by atoms with Gasteiger partial charge in [-0.05, 0) is 43.2 Å². The van der Waals surface area contributed by atoms with E-state index in [0.29, 0.717) is 6.04 Å². The van der Waals surface area contributed by atoms with E-state index in [1.54, 1.807) is 0 Å². The minimum atomic E-state index is 0.591. The molecule has 2 nitrogen and oxygen atoms in total. The van der Waals surface area contributed by atoms with E-state index in [0.717, 1.165) is 11.4 Å². The Morgan fingerprint density at radius 2 is 2.33 bits per heavy atom. The third kappa shape index (κ3) is 2.81. The normalized spacial score (nSPS) is 21.3. The highest BCUT2D eigenvalue weighted by Gasteiger charge is 2.14. The summed E-state index contributed by atoms with van der Waals surface area (Å²) in [6.45, 7) is 2.10. The molecule has 15 heavy (non-hydrogen) atoms. The number of hydrogen-bond acceptors (Lipinski definition) is 3. The summed E-state index contributed by atoms with van der Waals surface area (Å²) in [7, 11) is 0. The topological polar surface area (TPSA) is 38.0 Å². The third-order valence-corrected chi connectivity index (χ3v) is 3.94. The zero-order chi connectivity index (χ0) is 10.7. The molecule has 0 saturated carbocycles. The molecule has 0 radical (unpaired) electrons. The summed E-state index contributed by atoms with van der Waals surface area (Å²) in [5, 5.41) is 3.54. The molecule has 1 aliphatic heterocycles. The number of aryl methyl sites for hydroxylation is 1. The van der Waals surface area contributed by atoms with Crippen molar-refractivity contribution >= 4 is 23.1 Å². The number of rotatable bonds is 2. The Labute approximate surface area is 95.6 Å². The van der Waals surface area contributed by atoms with Gasteiger partial charge in [-0.2, -0.15) is 11.8 Å². The van der Waals surface area contributed by atoms with Crippen molar-refractivity contribution in [2.24, 2.45) is 0 Å². The summed E-state index contributed by atoms with van der Waals surface area (Å²) in [6.07, 6.45) is 2.58. The van der Waals surface area contributed by atoms with Crippen LogP contribution < -0.4 is 11.1 Å². The highest BCUT2D eigenvalue weighted by Crippen LogP contribution is 2.25. The molecule has 1 aromatic carbocycles. The van der Waals surface area contributed by atoms with Crippen molar-refractivity contribution in [3.63, 3.8) is 0 Å². The Balaban J connectivity index is 2.05. The predicted octanol–water partition coefficient (Wildman–Crippen LogP) is 2.88. The molecule has 0 spiro atoms. The molecule has 3 heteroatoms. The maximum Gasteiger partial charge on any atom is 0.0578 e. The summed E-state index contributed by atoms with van der Waals surface area (Å²) in [6, 6.07) is 6.76. The Morgan fingerprint density at radius 1 is 1.47 bits per heavy atom. The molecular formula is C12H18N2S. The maximum atomic E-state index is 5.94. The van der Waals surface area contributed by atoms with Crippen LogP contribution in [-0.2, 0) is 0 Å². The fourth-order valence-electron chi connectivity index (χ4n) is 1.87. The minimum absolute atomic E-state index is 0.591. The summed E-state index contributed by atoms with van der Waals surface area (Å²) in [5.41, 5.74) is 9.15. The van der Waals surface area contributed by atoms with Gasteiger partial charge in [-0.1, -0.05) is 6.07 Å². The van der Waals surface area contributed by atoms with Gasteiger partial charge in [0.1, 0.15) is 0 Å². The Kier molecular flexibility index (Phi) is 3.41. The largest absolute Gasteiger partial charge is 0.397 e. The molecule has 1 atom stereocenters. The lowest BCUT2D eigenvalue weighted by atomic mass is 10.1. The SMILES string of the molecule is Cc1ccc(N)c(NC2CCCSC2)c1. The molecule has 1 unspecified atom stereocenters. The molecule has 82 valence electrons. The Hall–Kier alpha value is -0.830. The van der Waals surface area contributed by atoms with Crippen molar-refractivity contribution in [3.05, 3.63) is 23.8 Å². The smallest absolute Gasteiger partial charge is 0.0578 e. The molecule has 1 heterocycles. The van der Waals surface area contributed by atoms with Crippen molar-refractivity contribution in [2.45, 2.75) is 25.8 Å². The van der Waals surface area contributed by atoms with Gasteiger partial charge < -0.3 is 11.1 Å². The molecule has 1 saturated heterocycles. The first-order valence-corrected chi connectivity index (χ1v) is 6.61. The number of hydrogen-bond donors (Lipinski definition) is 2.